The number of ether oxygens (including phenoxy) is 1. The van der Waals surface area contributed by atoms with Crippen LogP contribution in [-0.2, 0) is 16.4 Å². The van der Waals surface area contributed by atoms with Crippen LogP contribution in [0, 0.1) is 0 Å². The van der Waals surface area contributed by atoms with Crippen LogP contribution >= 0.6 is 11.8 Å². The van der Waals surface area contributed by atoms with Gasteiger partial charge in [-0.2, -0.15) is 0 Å². The molecule has 4 nitrogen and oxygen atoms in total. The van der Waals surface area contributed by atoms with Crippen LogP contribution in [0.1, 0.15) is 5.56 Å². The van der Waals surface area contributed by atoms with Crippen LogP contribution < -0.4 is 9.46 Å². The Bertz CT molecular complexity index is 972. The molecule has 1 N–H and O–H groups in total. The molecular weight excluding hydrogens is 378 g/mol. The summed E-state index contributed by atoms with van der Waals surface area (Å²) in [4.78, 5) is 1.25. The maximum Gasteiger partial charge on any atom is 0.261 e. The summed E-state index contributed by atoms with van der Waals surface area (Å²) >= 11 is 1.57. The summed E-state index contributed by atoms with van der Waals surface area (Å²) in [6.07, 6.45) is 2.74. The number of hydrogen-bond acceptors (Lipinski definition) is 4. The van der Waals surface area contributed by atoms with E-state index >= 15 is 0 Å². The lowest BCUT2D eigenvalue weighted by Gasteiger charge is -2.11. The minimum Gasteiger partial charge on any atom is -0.493 e. The lowest BCUT2D eigenvalue weighted by atomic mass is 10.2. The van der Waals surface area contributed by atoms with Crippen LogP contribution in [-0.4, -0.2) is 21.3 Å². The van der Waals surface area contributed by atoms with Crippen molar-refractivity contribution in [2.45, 2.75) is 16.2 Å². The average Bonchev–Trinajstić information content (AvgIpc) is 2.69. The number of nitrogens with one attached hydrogen (secondary N) is 1. The summed E-state index contributed by atoms with van der Waals surface area (Å²) in [6, 6.07) is 23.9. The third-order valence-corrected chi connectivity index (χ3v) is 6.10. The van der Waals surface area contributed by atoms with E-state index < -0.39 is 10.0 Å². The fourth-order valence-corrected chi connectivity index (χ4v) is 4.01. The molecule has 0 saturated carbocycles. The molecule has 0 spiro atoms. The van der Waals surface area contributed by atoms with Gasteiger partial charge < -0.3 is 4.74 Å². The van der Waals surface area contributed by atoms with Gasteiger partial charge in [0.25, 0.3) is 10.0 Å². The molecule has 0 aromatic heterocycles. The van der Waals surface area contributed by atoms with Crippen molar-refractivity contribution in [2.24, 2.45) is 0 Å². The van der Waals surface area contributed by atoms with Gasteiger partial charge in [0.05, 0.1) is 17.2 Å². The van der Waals surface area contributed by atoms with Gasteiger partial charge in [-0.25, -0.2) is 8.42 Å². The average molecular weight is 400 g/mol. The van der Waals surface area contributed by atoms with E-state index in [1.54, 1.807) is 54.2 Å². The normalized spacial score (nSPS) is 11.1. The number of thioether (sulfide) groups is 1. The van der Waals surface area contributed by atoms with Crippen molar-refractivity contribution in [2.75, 3.05) is 17.6 Å². The third kappa shape index (κ3) is 5.52. The summed E-state index contributed by atoms with van der Waals surface area (Å²) in [6.45, 7) is 0.524. The van der Waals surface area contributed by atoms with Gasteiger partial charge in [-0.15, -0.1) is 11.8 Å². The van der Waals surface area contributed by atoms with Gasteiger partial charge in [0, 0.05) is 17.4 Å². The predicted octanol–water partition coefficient (Wildman–Crippen LogP) is 4.83. The summed E-state index contributed by atoms with van der Waals surface area (Å²) < 4.78 is 33.5. The minimum absolute atomic E-state index is 0.232. The molecule has 140 valence electrons. The van der Waals surface area contributed by atoms with Gasteiger partial charge in [-0.3, -0.25) is 4.72 Å². The Morgan fingerprint density at radius 2 is 1.67 bits per heavy atom. The van der Waals surface area contributed by atoms with E-state index in [1.165, 1.54) is 5.56 Å². The Labute approximate surface area is 164 Å². The first-order valence-electron chi connectivity index (χ1n) is 8.50. The lowest BCUT2D eigenvalue weighted by Crippen LogP contribution is -2.13. The zero-order valence-electron chi connectivity index (χ0n) is 15.0. The van der Waals surface area contributed by atoms with Crippen molar-refractivity contribution >= 4 is 27.5 Å². The van der Waals surface area contributed by atoms with Crippen LogP contribution in [0.5, 0.6) is 5.75 Å². The van der Waals surface area contributed by atoms with Gasteiger partial charge in [0.2, 0.25) is 0 Å². The summed E-state index contributed by atoms with van der Waals surface area (Å²) in [7, 11) is -3.63. The fraction of sp³-hybridized carbons (Fsp3) is 0.143. The second kappa shape index (κ2) is 8.97. The SMILES string of the molecule is CSc1ccc(S(=O)(=O)Nc2cccc(OCCc3ccccc3)c2)cc1. The number of anilines is 1. The van der Waals surface area contributed by atoms with Crippen LogP contribution in [0.25, 0.3) is 0 Å². The van der Waals surface area contributed by atoms with Crippen molar-refractivity contribution in [3.63, 3.8) is 0 Å². The van der Waals surface area contributed by atoms with Gasteiger partial charge >= 0.3 is 0 Å². The first kappa shape index (κ1) is 19.3. The van der Waals surface area contributed by atoms with Crippen molar-refractivity contribution in [1.82, 2.24) is 0 Å². The summed E-state index contributed by atoms with van der Waals surface area (Å²) in [5.41, 5.74) is 1.67. The molecule has 0 saturated heterocycles. The van der Waals surface area contributed by atoms with E-state index in [9.17, 15) is 8.42 Å². The second-order valence-electron chi connectivity index (χ2n) is 5.89. The molecule has 0 bridgehead atoms. The predicted molar refractivity (Wildman–Crippen MR) is 111 cm³/mol. The number of sulfonamides is 1. The van der Waals surface area contributed by atoms with Crippen LogP contribution in [0.2, 0.25) is 0 Å². The smallest absolute Gasteiger partial charge is 0.261 e. The molecule has 3 aromatic carbocycles. The lowest BCUT2D eigenvalue weighted by molar-refractivity contribution is 0.322. The van der Waals surface area contributed by atoms with E-state index in [2.05, 4.69) is 16.9 Å². The molecular formula is C21H21NO3S2. The molecule has 27 heavy (non-hydrogen) atoms. The molecule has 0 aliphatic rings. The molecule has 0 heterocycles. The number of benzene rings is 3. The van der Waals surface area contributed by atoms with Gasteiger partial charge in [-0.1, -0.05) is 36.4 Å². The molecule has 0 amide bonds. The highest BCUT2D eigenvalue weighted by Crippen LogP contribution is 2.23. The molecule has 0 aliphatic heterocycles. The van der Waals surface area contributed by atoms with Gasteiger partial charge in [0.15, 0.2) is 0 Å². The highest BCUT2D eigenvalue weighted by Gasteiger charge is 2.14. The Morgan fingerprint density at radius 1 is 0.926 bits per heavy atom. The maximum atomic E-state index is 12.6. The Balaban J connectivity index is 1.64. The van der Waals surface area contributed by atoms with Crippen molar-refractivity contribution in [3.8, 4) is 5.75 Å². The highest BCUT2D eigenvalue weighted by atomic mass is 32.2. The maximum absolute atomic E-state index is 12.6. The number of hydrogen-bond donors (Lipinski definition) is 1. The van der Waals surface area contributed by atoms with Crippen molar-refractivity contribution < 1.29 is 13.2 Å². The van der Waals surface area contributed by atoms with Crippen LogP contribution in [0.15, 0.2) is 88.7 Å². The second-order valence-corrected chi connectivity index (χ2v) is 8.45. The van der Waals surface area contributed by atoms with Gasteiger partial charge in [-0.05, 0) is 48.2 Å². The Morgan fingerprint density at radius 3 is 2.37 bits per heavy atom. The molecule has 0 unspecified atom stereocenters. The zero-order chi connectivity index (χ0) is 19.1. The van der Waals surface area contributed by atoms with Crippen LogP contribution in [0.3, 0.4) is 0 Å². The quantitative estimate of drug-likeness (QED) is 0.551. The topological polar surface area (TPSA) is 55.4 Å². The van der Waals surface area contributed by atoms with Crippen molar-refractivity contribution in [3.05, 3.63) is 84.4 Å². The van der Waals surface area contributed by atoms with E-state index in [0.717, 1.165) is 11.3 Å². The third-order valence-electron chi connectivity index (χ3n) is 3.96. The Kier molecular flexibility index (Phi) is 6.42. The molecule has 3 aromatic rings. The van der Waals surface area contributed by atoms with Gasteiger partial charge in [0.1, 0.15) is 5.75 Å². The number of rotatable bonds is 8. The minimum atomic E-state index is -3.63. The first-order valence-corrected chi connectivity index (χ1v) is 11.2. The molecule has 3 rings (SSSR count). The molecule has 0 radical (unpaired) electrons. The molecule has 0 fully saturated rings. The first-order chi connectivity index (χ1) is 13.1. The van der Waals surface area contributed by atoms with E-state index in [1.807, 2.05) is 30.5 Å². The monoisotopic (exact) mass is 399 g/mol. The fourth-order valence-electron chi connectivity index (χ4n) is 2.55. The highest BCUT2D eigenvalue weighted by molar-refractivity contribution is 7.98. The summed E-state index contributed by atoms with van der Waals surface area (Å²) in [5.74, 6) is 0.629. The molecule has 0 atom stereocenters. The van der Waals surface area contributed by atoms with Crippen molar-refractivity contribution in [1.29, 1.82) is 0 Å². The molecule has 6 heteroatoms. The standard InChI is InChI=1S/C21H21NO3S2/c1-26-20-10-12-21(13-11-20)27(23,24)22-18-8-5-9-19(16-18)25-15-14-17-6-3-2-4-7-17/h2-13,16,22H,14-15H2,1H3. The zero-order valence-corrected chi connectivity index (χ0v) is 16.6. The van der Waals surface area contributed by atoms with Crippen LogP contribution in [0.4, 0.5) is 5.69 Å². The van der Waals surface area contributed by atoms with E-state index in [-0.39, 0.29) is 4.90 Å². The largest absolute Gasteiger partial charge is 0.493 e. The van der Waals surface area contributed by atoms with E-state index in [0.29, 0.717) is 18.0 Å². The Hall–Kier alpha value is -2.44. The van der Waals surface area contributed by atoms with E-state index in [4.69, 9.17) is 4.74 Å². The summed E-state index contributed by atoms with van der Waals surface area (Å²) in [5, 5.41) is 0. The molecule has 0 aliphatic carbocycles.